The van der Waals surface area contributed by atoms with Crippen LogP contribution in [0.2, 0.25) is 0 Å². The molecule has 0 heterocycles. The maximum atomic E-state index is 11.6. The monoisotopic (exact) mass is 261 g/mol. The molecule has 4 N–H and O–H groups in total. The number of rotatable bonds is 3. The van der Waals surface area contributed by atoms with Crippen molar-refractivity contribution in [2.24, 2.45) is 11.1 Å². The third-order valence-corrected chi connectivity index (χ3v) is 2.24. The summed E-state index contributed by atoms with van der Waals surface area (Å²) in [7, 11) is 0. The average molecular weight is 261 g/mol. The molecule has 0 saturated carbocycles. The Kier molecular flexibility index (Phi) is 4.69. The first-order valence-electron chi connectivity index (χ1n) is 5.93. The average Bonchev–Trinajstić information content (AvgIpc) is 2.27. The number of urea groups is 1. The van der Waals surface area contributed by atoms with Crippen LogP contribution in [0.4, 0.5) is 10.5 Å². The number of para-hydroxylation sites is 1. The van der Waals surface area contributed by atoms with E-state index in [0.29, 0.717) is 5.69 Å². The standard InChI is InChI=1S/C14H19N3O2/c1-14(2,3)8-9-16-13(19)17-11-7-5-4-6-10(11)12(15)18/h4-9H,1-3H3,(H2,15,18)(H2,16,17,19)/b9-8+. The summed E-state index contributed by atoms with van der Waals surface area (Å²) in [6, 6.07) is 6.15. The molecule has 0 radical (unpaired) electrons. The number of carbonyl (C=O) groups is 2. The predicted octanol–water partition coefficient (Wildman–Crippen LogP) is 2.47. The molecular formula is C14H19N3O2. The summed E-state index contributed by atoms with van der Waals surface area (Å²) in [4.78, 5) is 22.8. The van der Waals surface area contributed by atoms with Crippen molar-refractivity contribution in [2.45, 2.75) is 20.8 Å². The van der Waals surface area contributed by atoms with Crippen molar-refractivity contribution in [2.75, 3.05) is 5.32 Å². The molecule has 5 heteroatoms. The molecule has 0 bridgehead atoms. The maximum Gasteiger partial charge on any atom is 0.323 e. The molecule has 1 rings (SSSR count). The zero-order chi connectivity index (χ0) is 14.5. The highest BCUT2D eigenvalue weighted by Gasteiger charge is 2.09. The van der Waals surface area contributed by atoms with Crippen molar-refractivity contribution in [3.63, 3.8) is 0 Å². The van der Waals surface area contributed by atoms with Crippen LogP contribution in [-0.2, 0) is 0 Å². The maximum absolute atomic E-state index is 11.6. The highest BCUT2D eigenvalue weighted by atomic mass is 16.2. The van der Waals surface area contributed by atoms with E-state index in [1.165, 1.54) is 0 Å². The largest absolute Gasteiger partial charge is 0.366 e. The minimum absolute atomic E-state index is 0.0155. The number of hydrogen-bond acceptors (Lipinski definition) is 2. The minimum atomic E-state index is -0.582. The van der Waals surface area contributed by atoms with Crippen LogP contribution in [0.25, 0.3) is 0 Å². The molecule has 19 heavy (non-hydrogen) atoms. The van der Waals surface area contributed by atoms with Crippen molar-refractivity contribution in [1.29, 1.82) is 0 Å². The Balaban J connectivity index is 2.68. The van der Waals surface area contributed by atoms with Gasteiger partial charge in [-0.25, -0.2) is 4.79 Å². The highest BCUT2D eigenvalue weighted by Crippen LogP contribution is 2.15. The first kappa shape index (κ1) is 14.8. The molecule has 0 spiro atoms. The summed E-state index contributed by atoms with van der Waals surface area (Å²) < 4.78 is 0. The molecule has 0 aliphatic heterocycles. The van der Waals surface area contributed by atoms with E-state index in [1.807, 2.05) is 26.8 Å². The van der Waals surface area contributed by atoms with Gasteiger partial charge in [-0.15, -0.1) is 0 Å². The second kappa shape index (κ2) is 6.04. The molecule has 1 aromatic rings. The molecule has 3 amide bonds. The van der Waals surface area contributed by atoms with E-state index < -0.39 is 11.9 Å². The lowest BCUT2D eigenvalue weighted by molar-refractivity contribution is 0.100. The molecule has 102 valence electrons. The fourth-order valence-electron chi connectivity index (χ4n) is 1.33. The van der Waals surface area contributed by atoms with E-state index in [9.17, 15) is 9.59 Å². The molecule has 0 aromatic heterocycles. The van der Waals surface area contributed by atoms with E-state index >= 15 is 0 Å². The van der Waals surface area contributed by atoms with Crippen molar-refractivity contribution in [3.8, 4) is 0 Å². The number of nitrogens with one attached hydrogen (secondary N) is 2. The number of allylic oxidation sites excluding steroid dienone is 1. The van der Waals surface area contributed by atoms with E-state index in [-0.39, 0.29) is 11.0 Å². The third-order valence-electron chi connectivity index (χ3n) is 2.24. The van der Waals surface area contributed by atoms with Gasteiger partial charge in [0, 0.05) is 6.20 Å². The van der Waals surface area contributed by atoms with Gasteiger partial charge < -0.3 is 16.4 Å². The first-order valence-corrected chi connectivity index (χ1v) is 5.93. The molecule has 0 unspecified atom stereocenters. The molecular weight excluding hydrogens is 242 g/mol. The van der Waals surface area contributed by atoms with Gasteiger partial charge in [0.15, 0.2) is 0 Å². The van der Waals surface area contributed by atoms with Crippen LogP contribution in [0.15, 0.2) is 36.5 Å². The smallest absolute Gasteiger partial charge is 0.323 e. The van der Waals surface area contributed by atoms with Gasteiger partial charge in [-0.1, -0.05) is 39.0 Å². The number of hydrogen-bond donors (Lipinski definition) is 3. The fraction of sp³-hybridized carbons (Fsp3) is 0.286. The number of primary amides is 1. The van der Waals surface area contributed by atoms with Gasteiger partial charge in [0.2, 0.25) is 0 Å². The van der Waals surface area contributed by atoms with Gasteiger partial charge in [0.05, 0.1) is 11.3 Å². The normalized spacial score (nSPS) is 11.3. The molecule has 0 fully saturated rings. The Bertz CT molecular complexity index is 502. The van der Waals surface area contributed by atoms with Gasteiger partial charge >= 0.3 is 6.03 Å². The number of benzene rings is 1. The fourth-order valence-corrected chi connectivity index (χ4v) is 1.33. The van der Waals surface area contributed by atoms with Crippen LogP contribution in [0.1, 0.15) is 31.1 Å². The minimum Gasteiger partial charge on any atom is -0.366 e. The molecule has 0 saturated heterocycles. The molecule has 0 atom stereocenters. The summed E-state index contributed by atoms with van der Waals surface area (Å²) in [6.45, 7) is 6.06. The van der Waals surface area contributed by atoms with Gasteiger partial charge in [0.1, 0.15) is 0 Å². The summed E-state index contributed by atoms with van der Waals surface area (Å²) in [5.74, 6) is -0.582. The Morgan fingerprint density at radius 3 is 2.42 bits per heavy atom. The number of amides is 3. The summed E-state index contributed by atoms with van der Waals surface area (Å²) in [5.41, 5.74) is 5.87. The highest BCUT2D eigenvalue weighted by molar-refractivity contribution is 6.02. The predicted molar refractivity (Wildman–Crippen MR) is 75.7 cm³/mol. The van der Waals surface area contributed by atoms with Gasteiger partial charge in [-0.2, -0.15) is 0 Å². The zero-order valence-electron chi connectivity index (χ0n) is 11.4. The van der Waals surface area contributed by atoms with Crippen LogP contribution < -0.4 is 16.4 Å². The van der Waals surface area contributed by atoms with E-state index in [0.717, 1.165) is 0 Å². The first-order chi connectivity index (χ1) is 8.79. The van der Waals surface area contributed by atoms with Crippen molar-refractivity contribution in [3.05, 3.63) is 42.1 Å². The van der Waals surface area contributed by atoms with Crippen LogP contribution >= 0.6 is 0 Å². The Labute approximate surface area is 112 Å². The van der Waals surface area contributed by atoms with Gasteiger partial charge in [0.25, 0.3) is 5.91 Å². The van der Waals surface area contributed by atoms with E-state index in [4.69, 9.17) is 5.73 Å². The quantitative estimate of drug-likeness (QED) is 0.780. The molecule has 1 aromatic carbocycles. The van der Waals surface area contributed by atoms with Crippen LogP contribution in [-0.4, -0.2) is 11.9 Å². The Morgan fingerprint density at radius 1 is 1.21 bits per heavy atom. The second-order valence-corrected chi connectivity index (χ2v) is 5.21. The van der Waals surface area contributed by atoms with Gasteiger partial charge in [-0.3, -0.25) is 4.79 Å². The molecule has 5 nitrogen and oxygen atoms in total. The SMILES string of the molecule is CC(C)(C)/C=C/NC(=O)Nc1ccccc1C(N)=O. The second-order valence-electron chi connectivity index (χ2n) is 5.21. The lowest BCUT2D eigenvalue weighted by Gasteiger charge is -2.12. The van der Waals surface area contributed by atoms with E-state index in [1.54, 1.807) is 30.5 Å². The Hall–Kier alpha value is -2.30. The lowest BCUT2D eigenvalue weighted by Crippen LogP contribution is -2.26. The third kappa shape index (κ3) is 5.25. The number of carbonyl (C=O) groups excluding carboxylic acids is 2. The molecule has 0 aliphatic rings. The summed E-state index contributed by atoms with van der Waals surface area (Å²) in [5, 5.41) is 5.15. The van der Waals surface area contributed by atoms with Crippen LogP contribution in [0.5, 0.6) is 0 Å². The Morgan fingerprint density at radius 2 is 1.84 bits per heavy atom. The van der Waals surface area contributed by atoms with Crippen molar-refractivity contribution < 1.29 is 9.59 Å². The summed E-state index contributed by atoms with van der Waals surface area (Å²) in [6.07, 6.45) is 3.44. The van der Waals surface area contributed by atoms with Crippen molar-refractivity contribution in [1.82, 2.24) is 5.32 Å². The van der Waals surface area contributed by atoms with Crippen LogP contribution in [0, 0.1) is 5.41 Å². The van der Waals surface area contributed by atoms with E-state index in [2.05, 4.69) is 10.6 Å². The topological polar surface area (TPSA) is 84.2 Å². The zero-order valence-corrected chi connectivity index (χ0v) is 11.4. The lowest BCUT2D eigenvalue weighted by atomic mass is 9.97. The number of anilines is 1. The summed E-state index contributed by atoms with van der Waals surface area (Å²) >= 11 is 0. The van der Waals surface area contributed by atoms with Crippen LogP contribution in [0.3, 0.4) is 0 Å². The molecule has 0 aliphatic carbocycles. The number of nitrogens with two attached hydrogens (primary N) is 1. The van der Waals surface area contributed by atoms with Crippen molar-refractivity contribution >= 4 is 17.6 Å². The van der Waals surface area contributed by atoms with Gasteiger partial charge in [-0.05, 0) is 17.5 Å².